The Hall–Kier alpha value is -3.19. The molecule has 0 bridgehead atoms. The topological polar surface area (TPSA) is 98.6 Å². The number of fused-ring (bicyclic) bond motifs is 1. The molecule has 0 aliphatic carbocycles. The van der Waals surface area contributed by atoms with E-state index in [1.165, 1.54) is 0 Å². The molecule has 0 spiro atoms. The summed E-state index contributed by atoms with van der Waals surface area (Å²) >= 11 is 0. The molecule has 178 valence electrons. The average Bonchev–Trinajstić information content (AvgIpc) is 2.83. The molecule has 1 aromatic heterocycles. The highest BCUT2D eigenvalue weighted by molar-refractivity contribution is 5.92. The van der Waals surface area contributed by atoms with E-state index >= 15 is 0 Å². The molecule has 3 aromatic rings. The average molecular weight is 453 g/mol. The van der Waals surface area contributed by atoms with E-state index in [9.17, 15) is 15.0 Å². The van der Waals surface area contributed by atoms with Crippen LogP contribution in [0.5, 0.6) is 5.75 Å². The summed E-state index contributed by atoms with van der Waals surface area (Å²) in [5, 5.41) is 24.9. The number of aryl methyl sites for hydroxylation is 1. The summed E-state index contributed by atoms with van der Waals surface area (Å²) in [6.45, 7) is 7.14. The fourth-order valence-electron chi connectivity index (χ4n) is 4.37. The van der Waals surface area contributed by atoms with Gasteiger partial charge in [0.05, 0.1) is 11.1 Å². The molecular formula is C26H36N4O3. The van der Waals surface area contributed by atoms with Crippen LogP contribution in [-0.4, -0.2) is 50.8 Å². The SMILES string of the molecule is CCC(O)(CC)C(=O)NC1CCN(c2nc(-c3ccccc3O)nc3cc(C)ccc23)CC1.[HH].[HH]. The van der Waals surface area contributed by atoms with Crippen molar-refractivity contribution < 1.29 is 17.9 Å². The minimum absolute atomic E-state index is 0. The van der Waals surface area contributed by atoms with Gasteiger partial charge in [-0.05, 0) is 62.4 Å². The Bertz CT molecular complexity index is 1160. The number of amides is 1. The molecule has 2 aromatic carbocycles. The first-order chi connectivity index (χ1) is 15.8. The Kier molecular flexibility index (Phi) is 6.51. The molecule has 7 heteroatoms. The Morgan fingerprint density at radius 1 is 1.15 bits per heavy atom. The van der Waals surface area contributed by atoms with Crippen LogP contribution in [0.4, 0.5) is 5.82 Å². The number of carbonyl (C=O) groups excluding carboxylic acids is 1. The molecule has 1 amide bonds. The largest absolute Gasteiger partial charge is 0.507 e. The zero-order chi connectivity index (χ0) is 23.6. The molecule has 1 aliphatic heterocycles. The summed E-state index contributed by atoms with van der Waals surface area (Å²) in [5.74, 6) is 1.20. The highest BCUT2D eigenvalue weighted by atomic mass is 16.3. The number of nitrogens with zero attached hydrogens (tertiary/aromatic N) is 3. The number of anilines is 1. The molecule has 1 aliphatic rings. The van der Waals surface area contributed by atoms with Gasteiger partial charge in [-0.2, -0.15) is 0 Å². The van der Waals surface area contributed by atoms with Gasteiger partial charge in [0.25, 0.3) is 5.91 Å². The van der Waals surface area contributed by atoms with E-state index in [1.807, 2.05) is 45.0 Å². The summed E-state index contributed by atoms with van der Waals surface area (Å²) in [6.07, 6.45) is 2.32. The Morgan fingerprint density at radius 3 is 2.52 bits per heavy atom. The standard InChI is InChI=1S/C26H32N4O3.2H2/c1-4-26(33,5-2)25(32)27-18-12-14-30(15-13-18)24-19-11-10-17(3)16-21(19)28-23(29-24)20-8-6-7-9-22(20)31;;/h6-11,16,18,31,33H,4-5,12-15H2,1-3H3,(H,27,32);2*1H. The smallest absolute Gasteiger partial charge is 0.252 e. The van der Waals surface area contributed by atoms with Crippen molar-refractivity contribution in [3.8, 4) is 17.1 Å². The molecule has 0 atom stereocenters. The third kappa shape index (κ3) is 4.64. The molecule has 2 heterocycles. The first-order valence-corrected chi connectivity index (χ1v) is 11.7. The molecule has 0 radical (unpaired) electrons. The van der Waals surface area contributed by atoms with Gasteiger partial charge in [-0.25, -0.2) is 9.97 Å². The number of rotatable bonds is 6. The lowest BCUT2D eigenvalue weighted by Gasteiger charge is -2.35. The Balaban J connectivity index is 0.00000216. The highest BCUT2D eigenvalue weighted by Crippen LogP contribution is 2.33. The van der Waals surface area contributed by atoms with Gasteiger partial charge in [-0.3, -0.25) is 4.79 Å². The van der Waals surface area contributed by atoms with Crippen LogP contribution in [-0.2, 0) is 4.79 Å². The minimum atomic E-state index is -1.30. The van der Waals surface area contributed by atoms with Crippen LogP contribution in [0.3, 0.4) is 0 Å². The number of carbonyl (C=O) groups is 1. The van der Waals surface area contributed by atoms with Crippen molar-refractivity contribution in [1.29, 1.82) is 0 Å². The van der Waals surface area contributed by atoms with Crippen LogP contribution in [0.2, 0.25) is 0 Å². The van der Waals surface area contributed by atoms with E-state index in [-0.39, 0.29) is 20.6 Å². The van der Waals surface area contributed by atoms with Crippen LogP contribution in [0.1, 0.15) is 47.9 Å². The summed E-state index contributed by atoms with van der Waals surface area (Å²) in [7, 11) is 0. The second kappa shape index (κ2) is 9.35. The number of piperidine rings is 1. The third-order valence-corrected chi connectivity index (χ3v) is 6.70. The molecule has 7 nitrogen and oxygen atoms in total. The highest BCUT2D eigenvalue weighted by Gasteiger charge is 2.34. The Labute approximate surface area is 197 Å². The number of benzene rings is 2. The van der Waals surface area contributed by atoms with Crippen molar-refractivity contribution in [3.05, 3.63) is 48.0 Å². The maximum absolute atomic E-state index is 12.6. The number of aliphatic hydroxyl groups is 1. The number of aromatic nitrogens is 2. The number of aromatic hydroxyl groups is 1. The lowest BCUT2D eigenvalue weighted by Crippen LogP contribution is -2.52. The number of hydrogen-bond donors (Lipinski definition) is 3. The molecular weight excluding hydrogens is 416 g/mol. The molecule has 3 N–H and O–H groups in total. The number of phenols is 1. The lowest BCUT2D eigenvalue weighted by atomic mass is 9.95. The summed E-state index contributed by atoms with van der Waals surface area (Å²) in [6, 6.07) is 13.3. The molecule has 1 saturated heterocycles. The van der Waals surface area contributed by atoms with Gasteiger partial charge in [0.15, 0.2) is 5.82 Å². The quantitative estimate of drug-likeness (QED) is 0.511. The van der Waals surface area contributed by atoms with Gasteiger partial charge in [-0.1, -0.05) is 32.0 Å². The normalized spacial score (nSPS) is 15.1. The van der Waals surface area contributed by atoms with Crippen LogP contribution >= 0.6 is 0 Å². The van der Waals surface area contributed by atoms with Gasteiger partial charge in [-0.15, -0.1) is 0 Å². The van der Waals surface area contributed by atoms with Gasteiger partial charge >= 0.3 is 0 Å². The maximum atomic E-state index is 12.6. The van der Waals surface area contributed by atoms with Crippen molar-refractivity contribution >= 4 is 22.6 Å². The number of para-hydroxylation sites is 1. The minimum Gasteiger partial charge on any atom is -0.507 e. The second-order valence-electron chi connectivity index (χ2n) is 8.88. The van der Waals surface area contributed by atoms with Gasteiger partial charge in [0.2, 0.25) is 0 Å². The van der Waals surface area contributed by atoms with Gasteiger partial charge < -0.3 is 20.4 Å². The zero-order valence-electron chi connectivity index (χ0n) is 19.5. The predicted molar refractivity (Wildman–Crippen MR) is 135 cm³/mol. The first kappa shape index (κ1) is 23.0. The maximum Gasteiger partial charge on any atom is 0.252 e. The van der Waals surface area contributed by atoms with E-state index in [4.69, 9.17) is 9.97 Å². The summed E-state index contributed by atoms with van der Waals surface area (Å²) in [4.78, 5) is 24.4. The van der Waals surface area contributed by atoms with Crippen LogP contribution in [0, 0.1) is 6.92 Å². The van der Waals surface area contributed by atoms with E-state index in [2.05, 4.69) is 16.3 Å². The fraction of sp³-hybridized carbons (Fsp3) is 0.423. The van der Waals surface area contributed by atoms with Crippen LogP contribution in [0.15, 0.2) is 42.5 Å². The van der Waals surface area contributed by atoms with E-state index in [0.29, 0.717) is 24.2 Å². The monoisotopic (exact) mass is 452 g/mol. The van der Waals surface area contributed by atoms with E-state index < -0.39 is 5.60 Å². The van der Waals surface area contributed by atoms with Crippen molar-refractivity contribution in [1.82, 2.24) is 15.3 Å². The molecule has 1 fully saturated rings. The lowest BCUT2D eigenvalue weighted by molar-refractivity contribution is -0.141. The van der Waals surface area contributed by atoms with Gasteiger partial charge in [0, 0.05) is 27.4 Å². The van der Waals surface area contributed by atoms with Crippen molar-refractivity contribution in [2.24, 2.45) is 0 Å². The van der Waals surface area contributed by atoms with E-state index in [1.54, 1.807) is 12.1 Å². The third-order valence-electron chi connectivity index (χ3n) is 6.70. The Morgan fingerprint density at radius 2 is 1.85 bits per heavy atom. The zero-order valence-corrected chi connectivity index (χ0v) is 19.5. The molecule has 0 saturated carbocycles. The van der Waals surface area contributed by atoms with E-state index in [0.717, 1.165) is 48.2 Å². The van der Waals surface area contributed by atoms with Crippen molar-refractivity contribution in [3.63, 3.8) is 0 Å². The molecule has 33 heavy (non-hydrogen) atoms. The summed E-state index contributed by atoms with van der Waals surface area (Å²) < 4.78 is 0. The van der Waals surface area contributed by atoms with Gasteiger partial charge in [0.1, 0.15) is 17.2 Å². The van der Waals surface area contributed by atoms with Crippen molar-refractivity contribution in [2.75, 3.05) is 18.0 Å². The molecule has 0 unspecified atom stereocenters. The number of phenolic OH excluding ortho intramolecular Hbond substituents is 1. The van der Waals surface area contributed by atoms with Crippen LogP contribution in [0.25, 0.3) is 22.3 Å². The summed E-state index contributed by atoms with van der Waals surface area (Å²) in [5.41, 5.74) is 1.24. The number of hydrogen-bond acceptors (Lipinski definition) is 6. The van der Waals surface area contributed by atoms with Crippen LogP contribution < -0.4 is 10.2 Å². The predicted octanol–water partition coefficient (Wildman–Crippen LogP) is 4.44. The molecule has 4 rings (SSSR count). The van der Waals surface area contributed by atoms with Crippen molar-refractivity contribution in [2.45, 2.75) is 58.1 Å². The number of nitrogens with one attached hydrogen (secondary N) is 1. The fourth-order valence-corrected chi connectivity index (χ4v) is 4.37. The second-order valence-corrected chi connectivity index (χ2v) is 8.88. The first-order valence-electron chi connectivity index (χ1n) is 11.7.